The van der Waals surface area contributed by atoms with Crippen LogP contribution in [0.15, 0.2) is 11.6 Å². The fraction of sp³-hybridized carbons (Fsp3) is 0.931. The minimum absolute atomic E-state index is 0.150. The second-order valence-electron chi connectivity index (χ2n) is 14.0. The average molecular weight is 424 g/mol. The summed E-state index contributed by atoms with van der Waals surface area (Å²) in [6, 6.07) is 0.649. The smallest absolute Gasteiger partial charge is 0.0787 e. The van der Waals surface area contributed by atoms with Gasteiger partial charge in [0, 0.05) is 23.9 Å². The molecule has 172 valence electrons. The molecule has 4 saturated carbocycles. The summed E-state index contributed by atoms with van der Waals surface area (Å²) in [4.78, 5) is 2.68. The number of likely N-dealkylation sites (tertiary alicyclic amines) is 1. The molecule has 0 aromatic heterocycles. The molecule has 10 unspecified atom stereocenters. The van der Waals surface area contributed by atoms with Gasteiger partial charge < -0.3 is 9.64 Å². The monoisotopic (exact) mass is 423 g/mol. The molecule has 2 heteroatoms. The SMILES string of the molecule is CC1CC2OC3(CCC4C5CCC6=CCCCC6(C)C5CC45CC53C)[C@H](C)C2N(C)C1. The molecule has 2 saturated heterocycles. The first-order valence-electron chi connectivity index (χ1n) is 13.8. The third kappa shape index (κ3) is 2.15. The van der Waals surface area contributed by atoms with Crippen molar-refractivity contribution in [3.05, 3.63) is 11.6 Å². The van der Waals surface area contributed by atoms with Gasteiger partial charge in [0.15, 0.2) is 0 Å². The third-order valence-corrected chi connectivity index (χ3v) is 13.1. The molecule has 2 nitrogen and oxygen atoms in total. The molecule has 11 atom stereocenters. The van der Waals surface area contributed by atoms with Crippen molar-refractivity contribution < 1.29 is 4.74 Å². The van der Waals surface area contributed by atoms with Crippen molar-refractivity contribution in [1.29, 1.82) is 0 Å². The summed E-state index contributed by atoms with van der Waals surface area (Å²) in [5, 5.41) is 0. The molecule has 0 aromatic rings. The quantitative estimate of drug-likeness (QED) is 0.415. The lowest BCUT2D eigenvalue weighted by Crippen LogP contribution is -2.53. The van der Waals surface area contributed by atoms with E-state index in [0.717, 1.165) is 23.7 Å². The van der Waals surface area contributed by atoms with Crippen LogP contribution in [-0.4, -0.2) is 36.2 Å². The fourth-order valence-electron chi connectivity index (χ4n) is 11.8. The van der Waals surface area contributed by atoms with Gasteiger partial charge in [-0.05, 0) is 106 Å². The van der Waals surface area contributed by atoms with Crippen LogP contribution < -0.4 is 0 Å². The van der Waals surface area contributed by atoms with Crippen LogP contribution >= 0.6 is 0 Å². The zero-order valence-corrected chi connectivity index (χ0v) is 20.8. The van der Waals surface area contributed by atoms with E-state index in [2.05, 4.69) is 45.7 Å². The van der Waals surface area contributed by atoms with Crippen molar-refractivity contribution in [2.45, 2.75) is 110 Å². The van der Waals surface area contributed by atoms with Gasteiger partial charge in [0.25, 0.3) is 0 Å². The third-order valence-electron chi connectivity index (χ3n) is 13.1. The first-order valence-corrected chi connectivity index (χ1v) is 13.8. The average Bonchev–Trinajstić information content (AvgIpc) is 3.05. The van der Waals surface area contributed by atoms with Crippen molar-refractivity contribution >= 4 is 0 Å². The maximum atomic E-state index is 7.34. The Balaban J connectivity index is 1.25. The van der Waals surface area contributed by atoms with Gasteiger partial charge in [-0.1, -0.05) is 39.3 Å². The molecule has 2 aliphatic heterocycles. The highest BCUT2D eigenvalue weighted by atomic mass is 16.5. The number of allylic oxidation sites excluding steroid dienone is 2. The van der Waals surface area contributed by atoms with Gasteiger partial charge in [0.05, 0.1) is 11.7 Å². The lowest BCUT2D eigenvalue weighted by molar-refractivity contribution is -0.148. The number of piperidine rings is 1. The Morgan fingerprint density at radius 1 is 1.10 bits per heavy atom. The number of ether oxygens (including phenoxy) is 1. The van der Waals surface area contributed by atoms with Gasteiger partial charge in [-0.3, -0.25) is 0 Å². The van der Waals surface area contributed by atoms with Crippen LogP contribution in [0, 0.1) is 45.8 Å². The number of fused-ring (bicyclic) bond motifs is 6. The molecule has 6 fully saturated rings. The predicted octanol–water partition coefficient (Wildman–Crippen LogP) is 6.45. The van der Waals surface area contributed by atoms with Crippen LogP contribution in [0.2, 0.25) is 0 Å². The van der Waals surface area contributed by atoms with E-state index in [9.17, 15) is 0 Å². The van der Waals surface area contributed by atoms with Crippen molar-refractivity contribution in [2.24, 2.45) is 45.8 Å². The highest BCUT2D eigenvalue weighted by Gasteiger charge is 2.84. The van der Waals surface area contributed by atoms with Crippen molar-refractivity contribution in [3.63, 3.8) is 0 Å². The Kier molecular flexibility index (Phi) is 3.89. The summed E-state index contributed by atoms with van der Waals surface area (Å²) in [5.41, 5.74) is 3.56. The number of hydrogen-bond donors (Lipinski definition) is 0. The first-order chi connectivity index (χ1) is 14.8. The van der Waals surface area contributed by atoms with Crippen LogP contribution in [0.4, 0.5) is 0 Å². The van der Waals surface area contributed by atoms with Crippen LogP contribution in [-0.2, 0) is 4.74 Å². The Bertz CT molecular complexity index is 835. The molecule has 7 aliphatic rings. The van der Waals surface area contributed by atoms with Crippen LogP contribution in [0.1, 0.15) is 91.9 Å². The second-order valence-corrected chi connectivity index (χ2v) is 14.0. The number of rotatable bonds is 0. The molecule has 0 bridgehead atoms. The predicted molar refractivity (Wildman–Crippen MR) is 126 cm³/mol. The Hall–Kier alpha value is -0.340. The minimum Gasteiger partial charge on any atom is -0.369 e. The van der Waals surface area contributed by atoms with Crippen molar-refractivity contribution in [1.82, 2.24) is 4.90 Å². The molecular weight excluding hydrogens is 378 g/mol. The van der Waals surface area contributed by atoms with Gasteiger partial charge in [-0.2, -0.15) is 0 Å². The van der Waals surface area contributed by atoms with Gasteiger partial charge in [0.2, 0.25) is 0 Å². The summed E-state index contributed by atoms with van der Waals surface area (Å²) in [7, 11) is 2.38. The van der Waals surface area contributed by atoms with E-state index in [-0.39, 0.29) is 5.60 Å². The molecule has 2 heterocycles. The summed E-state index contributed by atoms with van der Waals surface area (Å²) >= 11 is 0. The highest BCUT2D eigenvalue weighted by Crippen LogP contribution is 2.87. The Labute approximate surface area is 190 Å². The first kappa shape index (κ1) is 20.1. The van der Waals surface area contributed by atoms with E-state index in [1.807, 2.05) is 5.57 Å². The van der Waals surface area contributed by atoms with E-state index in [4.69, 9.17) is 4.74 Å². The van der Waals surface area contributed by atoms with E-state index < -0.39 is 0 Å². The summed E-state index contributed by atoms with van der Waals surface area (Å²) in [6.07, 6.45) is 17.3. The van der Waals surface area contributed by atoms with Gasteiger partial charge >= 0.3 is 0 Å². The molecule has 0 N–H and O–H groups in total. The molecule has 0 radical (unpaired) electrons. The zero-order valence-electron chi connectivity index (χ0n) is 20.8. The maximum Gasteiger partial charge on any atom is 0.0787 e. The fourth-order valence-corrected chi connectivity index (χ4v) is 11.8. The van der Waals surface area contributed by atoms with Gasteiger partial charge in [-0.25, -0.2) is 0 Å². The minimum atomic E-state index is 0.150. The zero-order chi connectivity index (χ0) is 21.4. The lowest BCUT2D eigenvalue weighted by Gasteiger charge is -2.50. The standard InChI is InChI=1S/C29H45NO/c1-18-14-24-25(30(5)16-18)19(2)29(31-24)13-11-22-21-10-9-20-8-6-7-12-26(20,3)23(21)15-28(22)17-27(28,29)4/h8,18-19,21-25H,6-7,9-17H2,1-5H3/t18?,19-,21?,22?,23?,24?,25?,26?,27?,28?,29?/m1/s1. The summed E-state index contributed by atoms with van der Waals surface area (Å²) < 4.78 is 7.34. The molecule has 0 aromatic carbocycles. The van der Waals surface area contributed by atoms with E-state index in [1.54, 1.807) is 0 Å². The topological polar surface area (TPSA) is 12.5 Å². The normalized spacial score (nSPS) is 62.4. The van der Waals surface area contributed by atoms with E-state index in [1.165, 1.54) is 70.8 Å². The molecule has 0 amide bonds. The van der Waals surface area contributed by atoms with Gasteiger partial charge in [0.1, 0.15) is 0 Å². The summed E-state index contributed by atoms with van der Waals surface area (Å²) in [6.45, 7) is 11.7. The Morgan fingerprint density at radius 2 is 1.94 bits per heavy atom. The Morgan fingerprint density at radius 3 is 2.77 bits per heavy atom. The molecule has 2 spiro atoms. The van der Waals surface area contributed by atoms with Crippen LogP contribution in [0.3, 0.4) is 0 Å². The molecular formula is C29H45NO. The van der Waals surface area contributed by atoms with E-state index in [0.29, 0.717) is 34.3 Å². The van der Waals surface area contributed by atoms with Crippen LogP contribution in [0.25, 0.3) is 0 Å². The van der Waals surface area contributed by atoms with Gasteiger partial charge in [-0.15, -0.1) is 0 Å². The van der Waals surface area contributed by atoms with E-state index >= 15 is 0 Å². The lowest BCUT2D eigenvalue weighted by atomic mass is 9.56. The number of nitrogens with zero attached hydrogens (tertiary/aromatic N) is 1. The number of likely N-dealkylation sites (N-methyl/N-ethyl adjacent to an activating group) is 1. The van der Waals surface area contributed by atoms with Crippen molar-refractivity contribution in [2.75, 3.05) is 13.6 Å². The molecule has 7 rings (SSSR count). The number of hydrogen-bond acceptors (Lipinski definition) is 2. The summed E-state index contributed by atoms with van der Waals surface area (Å²) in [5.74, 6) is 4.40. The van der Waals surface area contributed by atoms with Crippen molar-refractivity contribution in [3.8, 4) is 0 Å². The molecule has 31 heavy (non-hydrogen) atoms. The highest BCUT2D eigenvalue weighted by molar-refractivity contribution is 5.35. The maximum absolute atomic E-state index is 7.34. The van der Waals surface area contributed by atoms with Crippen LogP contribution in [0.5, 0.6) is 0 Å². The largest absolute Gasteiger partial charge is 0.369 e. The molecule has 5 aliphatic carbocycles. The second kappa shape index (κ2) is 6.01.